The summed E-state index contributed by atoms with van der Waals surface area (Å²) in [6.45, 7) is 2.22. The van der Waals surface area contributed by atoms with Crippen molar-refractivity contribution in [2.45, 2.75) is 37.8 Å². The summed E-state index contributed by atoms with van der Waals surface area (Å²) in [5, 5.41) is 6.50. The number of benzene rings is 1. The number of hydrogen-bond donors (Lipinski definition) is 2. The third-order valence-electron chi connectivity index (χ3n) is 6.70. The summed E-state index contributed by atoms with van der Waals surface area (Å²) in [4.78, 5) is 39.6. The normalized spacial score (nSPS) is 27.8. The number of carbonyl (C=O) groups is 3. The lowest BCUT2D eigenvalue weighted by Gasteiger charge is -2.54. The Morgan fingerprint density at radius 2 is 1.93 bits per heavy atom. The molecule has 2 amide bonds. The number of nitrogens with zero attached hydrogens (tertiary/aromatic N) is 1. The summed E-state index contributed by atoms with van der Waals surface area (Å²) < 4.78 is 9.99. The van der Waals surface area contributed by atoms with Gasteiger partial charge in [0.2, 0.25) is 5.91 Å². The molecular formula is C22H29N3O5. The van der Waals surface area contributed by atoms with E-state index in [1.807, 2.05) is 0 Å². The molecule has 0 aromatic heterocycles. The van der Waals surface area contributed by atoms with Crippen LogP contribution in [0.1, 0.15) is 46.4 Å². The molecule has 0 aliphatic carbocycles. The van der Waals surface area contributed by atoms with Crippen LogP contribution in [0, 0.1) is 11.8 Å². The Balaban J connectivity index is 1.51. The topological polar surface area (TPSA) is 97.0 Å². The Labute approximate surface area is 176 Å². The van der Waals surface area contributed by atoms with Gasteiger partial charge >= 0.3 is 5.97 Å². The van der Waals surface area contributed by atoms with Crippen molar-refractivity contribution in [1.29, 1.82) is 0 Å². The highest BCUT2D eigenvalue weighted by Gasteiger charge is 2.47. The van der Waals surface area contributed by atoms with Gasteiger partial charge in [-0.2, -0.15) is 0 Å². The van der Waals surface area contributed by atoms with Gasteiger partial charge in [-0.25, -0.2) is 4.79 Å². The molecule has 1 aromatic carbocycles. The van der Waals surface area contributed by atoms with Gasteiger partial charge in [-0.15, -0.1) is 0 Å². The van der Waals surface area contributed by atoms with Gasteiger partial charge in [-0.05, 0) is 55.8 Å². The largest absolute Gasteiger partial charge is 0.497 e. The van der Waals surface area contributed by atoms with Crippen LogP contribution in [-0.4, -0.2) is 68.6 Å². The number of fused-ring (bicyclic) bond motifs is 4. The molecule has 2 bridgehead atoms. The van der Waals surface area contributed by atoms with Gasteiger partial charge in [0.15, 0.2) is 0 Å². The molecule has 3 aliphatic heterocycles. The maximum absolute atomic E-state index is 12.9. The summed E-state index contributed by atoms with van der Waals surface area (Å²) in [5.74, 6) is 0.615. The van der Waals surface area contributed by atoms with E-state index in [1.165, 1.54) is 26.4 Å². The molecule has 4 atom stereocenters. The van der Waals surface area contributed by atoms with Crippen LogP contribution in [0.25, 0.3) is 0 Å². The molecule has 0 spiro atoms. The number of amides is 2. The number of esters is 1. The summed E-state index contributed by atoms with van der Waals surface area (Å²) >= 11 is 0. The minimum absolute atomic E-state index is 0.0125. The standard InChI is InChI=1S/C22H29N3O5/c1-29-17-8-13(6-14(9-17)22(28)30-2)21(27)24-12-19-16-7-15(10-23-11-16)18-4-3-5-20(26)25(18)19/h6,8-9,15-16,18-19,23H,3-5,7,10-12H2,1-2H3,(H,24,27)/t15-,16+,18+,19+/m1/s1. The highest BCUT2D eigenvalue weighted by molar-refractivity contribution is 5.98. The van der Waals surface area contributed by atoms with Crippen LogP contribution in [0.15, 0.2) is 18.2 Å². The van der Waals surface area contributed by atoms with Gasteiger partial charge < -0.3 is 25.0 Å². The first kappa shape index (κ1) is 20.7. The van der Waals surface area contributed by atoms with E-state index >= 15 is 0 Å². The number of ether oxygens (including phenoxy) is 2. The number of carbonyl (C=O) groups excluding carboxylic acids is 3. The lowest BCUT2D eigenvalue weighted by Crippen LogP contribution is -2.66. The smallest absolute Gasteiger partial charge is 0.338 e. The van der Waals surface area contributed by atoms with Crippen molar-refractivity contribution in [2.75, 3.05) is 33.9 Å². The fourth-order valence-corrected chi connectivity index (χ4v) is 5.28. The molecule has 3 aliphatic rings. The second-order valence-corrected chi connectivity index (χ2v) is 8.39. The first-order chi connectivity index (χ1) is 14.5. The second kappa shape index (κ2) is 8.63. The van der Waals surface area contributed by atoms with Crippen LogP contribution in [0.2, 0.25) is 0 Å². The third-order valence-corrected chi connectivity index (χ3v) is 6.70. The van der Waals surface area contributed by atoms with Crippen LogP contribution < -0.4 is 15.4 Å². The number of rotatable bonds is 5. The van der Waals surface area contributed by atoms with E-state index in [-0.39, 0.29) is 29.5 Å². The Hall–Kier alpha value is -2.61. The average molecular weight is 415 g/mol. The summed E-state index contributed by atoms with van der Waals surface area (Å²) in [6, 6.07) is 4.88. The van der Waals surface area contributed by atoms with Crippen molar-refractivity contribution in [3.63, 3.8) is 0 Å². The molecule has 4 rings (SSSR count). The fourth-order valence-electron chi connectivity index (χ4n) is 5.28. The van der Waals surface area contributed by atoms with Gasteiger partial charge in [0, 0.05) is 31.1 Å². The van der Waals surface area contributed by atoms with E-state index in [2.05, 4.69) is 15.5 Å². The molecule has 3 heterocycles. The first-order valence-electron chi connectivity index (χ1n) is 10.6. The number of methoxy groups -OCH3 is 2. The van der Waals surface area contributed by atoms with E-state index in [4.69, 9.17) is 9.47 Å². The third kappa shape index (κ3) is 3.88. The lowest BCUT2D eigenvalue weighted by atomic mass is 9.72. The number of hydrogen-bond acceptors (Lipinski definition) is 6. The quantitative estimate of drug-likeness (QED) is 0.702. The molecular weight excluding hydrogens is 386 g/mol. The Morgan fingerprint density at radius 1 is 1.17 bits per heavy atom. The predicted octanol–water partition coefficient (Wildman–Crippen LogP) is 1.20. The molecule has 1 aromatic rings. The highest BCUT2D eigenvalue weighted by Crippen LogP contribution is 2.39. The fraction of sp³-hybridized carbons (Fsp3) is 0.591. The lowest BCUT2D eigenvalue weighted by molar-refractivity contribution is -0.148. The zero-order chi connectivity index (χ0) is 21.3. The van der Waals surface area contributed by atoms with Gasteiger partial charge in [0.05, 0.1) is 25.8 Å². The van der Waals surface area contributed by atoms with E-state index in [0.29, 0.717) is 36.1 Å². The van der Waals surface area contributed by atoms with Crippen molar-refractivity contribution < 1.29 is 23.9 Å². The summed E-state index contributed by atoms with van der Waals surface area (Å²) in [6.07, 6.45) is 3.66. The average Bonchev–Trinajstić information content (AvgIpc) is 2.78. The van der Waals surface area contributed by atoms with E-state index in [1.54, 1.807) is 6.07 Å². The molecule has 8 nitrogen and oxygen atoms in total. The first-order valence-corrected chi connectivity index (χ1v) is 10.6. The van der Waals surface area contributed by atoms with Crippen LogP contribution in [0.4, 0.5) is 0 Å². The van der Waals surface area contributed by atoms with Crippen LogP contribution in [0.5, 0.6) is 5.75 Å². The zero-order valence-corrected chi connectivity index (χ0v) is 17.5. The molecule has 3 fully saturated rings. The van der Waals surface area contributed by atoms with E-state index < -0.39 is 5.97 Å². The van der Waals surface area contributed by atoms with Gasteiger partial charge in [-0.1, -0.05) is 0 Å². The summed E-state index contributed by atoms with van der Waals surface area (Å²) in [7, 11) is 2.77. The van der Waals surface area contributed by atoms with Crippen molar-refractivity contribution in [3.05, 3.63) is 29.3 Å². The van der Waals surface area contributed by atoms with Gasteiger partial charge in [-0.3, -0.25) is 9.59 Å². The predicted molar refractivity (Wildman–Crippen MR) is 109 cm³/mol. The molecule has 0 unspecified atom stereocenters. The van der Waals surface area contributed by atoms with Crippen LogP contribution in [0.3, 0.4) is 0 Å². The van der Waals surface area contributed by atoms with E-state index in [9.17, 15) is 14.4 Å². The molecule has 30 heavy (non-hydrogen) atoms. The number of nitrogens with one attached hydrogen (secondary N) is 2. The molecule has 2 N–H and O–H groups in total. The molecule has 162 valence electrons. The zero-order valence-electron chi connectivity index (χ0n) is 17.5. The van der Waals surface area contributed by atoms with Crippen molar-refractivity contribution >= 4 is 17.8 Å². The van der Waals surface area contributed by atoms with Gasteiger partial charge in [0.25, 0.3) is 5.91 Å². The molecule has 0 radical (unpaired) electrons. The van der Waals surface area contributed by atoms with Crippen molar-refractivity contribution in [2.24, 2.45) is 11.8 Å². The molecule has 8 heteroatoms. The minimum Gasteiger partial charge on any atom is -0.497 e. The molecule has 0 saturated carbocycles. The van der Waals surface area contributed by atoms with Crippen LogP contribution in [-0.2, 0) is 9.53 Å². The SMILES string of the molecule is COC(=O)c1cc(OC)cc(C(=O)NC[C@H]2[C@@H]3CNC[C@@H](C3)[C@@H]3CCCC(=O)N32)c1. The Bertz CT molecular complexity index is 842. The minimum atomic E-state index is -0.531. The van der Waals surface area contributed by atoms with Crippen molar-refractivity contribution in [1.82, 2.24) is 15.5 Å². The van der Waals surface area contributed by atoms with Crippen molar-refractivity contribution in [3.8, 4) is 5.75 Å². The number of piperidine rings is 3. The summed E-state index contributed by atoms with van der Waals surface area (Å²) in [5.41, 5.74) is 0.581. The maximum Gasteiger partial charge on any atom is 0.338 e. The maximum atomic E-state index is 12.9. The monoisotopic (exact) mass is 415 g/mol. The Morgan fingerprint density at radius 3 is 2.70 bits per heavy atom. The van der Waals surface area contributed by atoms with E-state index in [0.717, 1.165) is 32.4 Å². The van der Waals surface area contributed by atoms with Crippen LogP contribution >= 0.6 is 0 Å². The molecule has 3 saturated heterocycles. The highest BCUT2D eigenvalue weighted by atomic mass is 16.5. The van der Waals surface area contributed by atoms with Gasteiger partial charge in [0.1, 0.15) is 5.75 Å². The second-order valence-electron chi connectivity index (χ2n) is 8.39. The Kier molecular flexibility index (Phi) is 5.94.